The quantitative estimate of drug-likeness (QED) is 0.0872. The predicted molar refractivity (Wildman–Crippen MR) is 265 cm³/mol. The zero-order chi connectivity index (χ0) is 47.8. The van der Waals surface area contributed by atoms with Crippen LogP contribution in [0.1, 0.15) is 110 Å². The molecule has 6 aromatic carbocycles. The zero-order valence-electron chi connectivity index (χ0n) is 39.1. The largest absolute Gasteiger partial charge is 0.457 e. The molecule has 3 N–H and O–H groups in total. The molecule has 3 atom stereocenters. The van der Waals surface area contributed by atoms with Gasteiger partial charge in [0.15, 0.2) is 0 Å². The molecule has 0 unspecified atom stereocenters. The minimum absolute atomic E-state index is 0.00548. The molecule has 354 valence electrons. The monoisotopic (exact) mass is 931 g/mol. The Labute approximate surface area is 408 Å². The molecule has 0 heterocycles. The first kappa shape index (κ1) is 45.1. The molecule has 7 aliphatic carbocycles. The Balaban J connectivity index is 0.900. The third kappa shape index (κ3) is 9.15. The standard InChI is InChI=1S/C60H57N3O7/c64-55(62-45-29-43(58(67)69-34-38-16-6-2-7-17-38)28-44(30-45)59(68)70-35-39-18-8-3-9-19-39)50(27-37-14-4-1-5-15-37)63-57(66)54-52-48-22-12-10-20-46(48)51(47-21-11-13-23-49(47)52)53(54)56(65)61-36-60-31-40-24-41(32-60)26-42(25-40)33-60/h1-23,28-30,40-42,50-54H,24-27,31-36H2,(H,61,65)(H,62,64)(H,63,66)/t40?,41?,42?,50-,51?,52?,53+,54-,60?/m1/s1. The van der Waals surface area contributed by atoms with Crippen LogP contribution < -0.4 is 16.0 Å². The van der Waals surface area contributed by atoms with Gasteiger partial charge in [-0.15, -0.1) is 0 Å². The maximum absolute atomic E-state index is 15.5. The number of rotatable bonds is 15. The third-order valence-electron chi connectivity index (χ3n) is 15.9. The number of fused-ring (bicyclic) bond motifs is 1. The highest BCUT2D eigenvalue weighted by molar-refractivity contribution is 6.02. The average molecular weight is 932 g/mol. The number of esters is 2. The summed E-state index contributed by atoms with van der Waals surface area (Å²) in [5, 5.41) is 9.60. The summed E-state index contributed by atoms with van der Waals surface area (Å²) in [6.45, 7) is 0.601. The van der Waals surface area contributed by atoms with Gasteiger partial charge < -0.3 is 25.4 Å². The highest BCUT2D eigenvalue weighted by Gasteiger charge is 2.56. The molecule has 6 bridgehead atoms. The SMILES string of the molecule is O=C(OCc1ccccc1)c1cc(NC(=O)[C@@H](Cc2ccccc2)NC(=O)[C@@H]2C3c4ccccc4C(c4ccccc43)[C@@H]2C(=O)NCC23CC4CC(CC(C4)C2)C3)cc(C(=O)OCc2ccccc2)c1. The lowest BCUT2D eigenvalue weighted by Crippen LogP contribution is -2.57. The van der Waals surface area contributed by atoms with Crippen LogP contribution in [0.25, 0.3) is 0 Å². The van der Waals surface area contributed by atoms with E-state index in [4.69, 9.17) is 9.47 Å². The van der Waals surface area contributed by atoms with Gasteiger partial charge in [-0.2, -0.15) is 0 Å². The average Bonchev–Trinajstić information content (AvgIpc) is 3.38. The van der Waals surface area contributed by atoms with Crippen molar-refractivity contribution in [2.75, 3.05) is 11.9 Å². The molecule has 70 heavy (non-hydrogen) atoms. The molecule has 13 rings (SSSR count). The summed E-state index contributed by atoms with van der Waals surface area (Å²) < 4.78 is 11.3. The summed E-state index contributed by atoms with van der Waals surface area (Å²) in [5.41, 5.74) is 6.81. The van der Waals surface area contributed by atoms with Crippen LogP contribution >= 0.6 is 0 Å². The van der Waals surface area contributed by atoms with Crippen molar-refractivity contribution < 1.29 is 33.4 Å². The van der Waals surface area contributed by atoms with Gasteiger partial charge in [0.05, 0.1) is 23.0 Å². The first-order valence-corrected chi connectivity index (χ1v) is 24.8. The van der Waals surface area contributed by atoms with Crippen LogP contribution in [0, 0.1) is 35.0 Å². The van der Waals surface area contributed by atoms with Crippen LogP contribution in [0.2, 0.25) is 0 Å². The van der Waals surface area contributed by atoms with Gasteiger partial charge in [0.25, 0.3) is 0 Å². The smallest absolute Gasteiger partial charge is 0.338 e. The van der Waals surface area contributed by atoms with E-state index in [1.165, 1.54) is 37.5 Å². The van der Waals surface area contributed by atoms with Crippen LogP contribution in [0.4, 0.5) is 5.69 Å². The summed E-state index contributed by atoms with van der Waals surface area (Å²) >= 11 is 0. The summed E-state index contributed by atoms with van der Waals surface area (Å²) in [6, 6.07) is 47.4. The van der Waals surface area contributed by atoms with Gasteiger partial charge in [0.1, 0.15) is 19.3 Å². The molecule has 7 aliphatic rings. The maximum Gasteiger partial charge on any atom is 0.338 e. The molecular formula is C60H57N3O7. The van der Waals surface area contributed by atoms with Crippen LogP contribution in [0.5, 0.6) is 0 Å². The fourth-order valence-corrected chi connectivity index (χ4v) is 13.3. The molecule has 4 saturated carbocycles. The second kappa shape index (κ2) is 19.2. The number of hydrogen-bond donors (Lipinski definition) is 3. The van der Waals surface area contributed by atoms with Crippen LogP contribution in [0.15, 0.2) is 158 Å². The van der Waals surface area contributed by atoms with Crippen molar-refractivity contribution >= 4 is 35.3 Å². The van der Waals surface area contributed by atoms with Crippen molar-refractivity contribution in [3.8, 4) is 0 Å². The number of anilines is 1. The Bertz CT molecular complexity index is 2780. The van der Waals surface area contributed by atoms with Crippen molar-refractivity contribution in [3.63, 3.8) is 0 Å². The second-order valence-electron chi connectivity index (χ2n) is 20.6. The molecule has 0 spiro atoms. The van der Waals surface area contributed by atoms with Gasteiger partial charge in [-0.05, 0) is 119 Å². The van der Waals surface area contributed by atoms with E-state index < -0.39 is 47.5 Å². The van der Waals surface area contributed by atoms with Gasteiger partial charge in [-0.3, -0.25) is 14.4 Å². The molecule has 10 nitrogen and oxygen atoms in total. The minimum atomic E-state index is -1.13. The lowest BCUT2D eigenvalue weighted by atomic mass is 9.49. The Kier molecular flexibility index (Phi) is 12.4. The molecule has 0 saturated heterocycles. The van der Waals surface area contributed by atoms with Crippen molar-refractivity contribution in [1.29, 1.82) is 0 Å². The van der Waals surface area contributed by atoms with Gasteiger partial charge in [0, 0.05) is 30.5 Å². The highest BCUT2D eigenvalue weighted by atomic mass is 16.5. The number of hydrogen-bond acceptors (Lipinski definition) is 7. The first-order chi connectivity index (χ1) is 34.2. The Hall–Kier alpha value is -7.33. The normalized spacial score (nSPS) is 24.6. The highest BCUT2D eigenvalue weighted by Crippen LogP contribution is 2.61. The molecule has 6 aromatic rings. The predicted octanol–water partition coefficient (Wildman–Crippen LogP) is 9.92. The van der Waals surface area contributed by atoms with Gasteiger partial charge in [-0.25, -0.2) is 9.59 Å². The van der Waals surface area contributed by atoms with Crippen molar-refractivity contribution in [2.24, 2.45) is 35.0 Å². The van der Waals surface area contributed by atoms with Gasteiger partial charge in [-0.1, -0.05) is 140 Å². The van der Waals surface area contributed by atoms with Gasteiger partial charge in [0.2, 0.25) is 17.7 Å². The molecule has 3 amide bonds. The van der Waals surface area contributed by atoms with Crippen LogP contribution in [0.3, 0.4) is 0 Å². The first-order valence-electron chi connectivity index (χ1n) is 24.8. The molecule has 0 aliphatic heterocycles. The van der Waals surface area contributed by atoms with Crippen molar-refractivity contribution in [2.45, 2.75) is 76.0 Å². The lowest BCUT2D eigenvalue weighted by Gasteiger charge is -2.57. The van der Waals surface area contributed by atoms with E-state index in [9.17, 15) is 14.4 Å². The summed E-state index contributed by atoms with van der Waals surface area (Å²) in [7, 11) is 0. The summed E-state index contributed by atoms with van der Waals surface area (Å²) in [6.07, 6.45) is 7.50. The Morgan fingerprint density at radius 2 is 0.929 bits per heavy atom. The van der Waals surface area contributed by atoms with E-state index in [1.807, 2.05) is 115 Å². The van der Waals surface area contributed by atoms with E-state index in [-0.39, 0.29) is 53.7 Å². The van der Waals surface area contributed by atoms with Crippen LogP contribution in [-0.2, 0) is 43.5 Å². The topological polar surface area (TPSA) is 140 Å². The molecule has 4 fully saturated rings. The Morgan fingerprint density at radius 1 is 0.514 bits per heavy atom. The lowest BCUT2D eigenvalue weighted by molar-refractivity contribution is -0.139. The summed E-state index contributed by atoms with van der Waals surface area (Å²) in [4.78, 5) is 72.8. The maximum atomic E-state index is 15.5. The number of benzene rings is 6. The molecular weight excluding hydrogens is 875 g/mol. The zero-order valence-corrected chi connectivity index (χ0v) is 39.1. The van der Waals surface area contributed by atoms with Crippen molar-refractivity contribution in [3.05, 3.63) is 208 Å². The third-order valence-corrected chi connectivity index (χ3v) is 15.9. The molecule has 10 heteroatoms. The summed E-state index contributed by atoms with van der Waals surface area (Å²) in [5.74, 6) is -2.66. The van der Waals surface area contributed by atoms with E-state index in [0.717, 1.165) is 76.0 Å². The Morgan fingerprint density at radius 3 is 1.39 bits per heavy atom. The number of carbonyl (C=O) groups is 5. The number of nitrogens with one attached hydrogen (secondary N) is 3. The van der Waals surface area contributed by atoms with E-state index >= 15 is 9.59 Å². The van der Waals surface area contributed by atoms with E-state index in [0.29, 0.717) is 6.54 Å². The minimum Gasteiger partial charge on any atom is -0.457 e. The van der Waals surface area contributed by atoms with Crippen molar-refractivity contribution in [1.82, 2.24) is 10.6 Å². The number of carbonyl (C=O) groups excluding carboxylic acids is 5. The van der Waals surface area contributed by atoms with Gasteiger partial charge >= 0.3 is 11.9 Å². The number of amides is 3. The molecule has 0 aromatic heterocycles. The fourth-order valence-electron chi connectivity index (χ4n) is 13.3. The van der Waals surface area contributed by atoms with E-state index in [2.05, 4.69) is 40.2 Å². The van der Waals surface area contributed by atoms with Crippen LogP contribution in [-0.4, -0.2) is 42.2 Å². The second-order valence-corrected chi connectivity index (χ2v) is 20.6. The number of ether oxygens (including phenoxy) is 2. The van der Waals surface area contributed by atoms with E-state index in [1.54, 1.807) is 0 Å². The fraction of sp³-hybridized carbons (Fsp3) is 0.317. The molecule has 0 radical (unpaired) electrons.